The minimum atomic E-state index is -3.39. The van der Waals surface area contributed by atoms with E-state index in [1.165, 1.54) is 9.87 Å². The number of amides is 1. The van der Waals surface area contributed by atoms with Crippen molar-refractivity contribution in [1.29, 1.82) is 0 Å². The van der Waals surface area contributed by atoms with E-state index in [1.807, 2.05) is 31.2 Å². The normalized spacial score (nSPS) is 14.7. The van der Waals surface area contributed by atoms with Crippen LogP contribution in [0.2, 0.25) is 0 Å². The van der Waals surface area contributed by atoms with Gasteiger partial charge in [0.25, 0.3) is 0 Å². The van der Waals surface area contributed by atoms with Crippen LogP contribution in [0.3, 0.4) is 0 Å². The van der Waals surface area contributed by atoms with E-state index in [0.29, 0.717) is 44.0 Å². The maximum absolute atomic E-state index is 12.5. The number of nitrogens with one attached hydrogen (secondary N) is 1. The maximum Gasteiger partial charge on any atom is 0.243 e. The van der Waals surface area contributed by atoms with Gasteiger partial charge in [0.1, 0.15) is 5.75 Å². The molecular weight excluding hydrogens is 388 g/mol. The van der Waals surface area contributed by atoms with Gasteiger partial charge in [0.05, 0.1) is 11.5 Å². The highest BCUT2D eigenvalue weighted by Crippen LogP contribution is 2.21. The number of aryl methyl sites for hydroxylation is 1. The lowest BCUT2D eigenvalue weighted by Crippen LogP contribution is -2.28. The van der Waals surface area contributed by atoms with Crippen LogP contribution in [0.25, 0.3) is 0 Å². The summed E-state index contributed by atoms with van der Waals surface area (Å²) < 4.78 is 32.2. The summed E-state index contributed by atoms with van der Waals surface area (Å²) >= 11 is 0. The van der Waals surface area contributed by atoms with Crippen LogP contribution < -0.4 is 10.1 Å². The third-order valence-electron chi connectivity index (χ3n) is 4.95. The lowest BCUT2D eigenvalue weighted by atomic mass is 10.2. The van der Waals surface area contributed by atoms with E-state index in [1.54, 1.807) is 24.3 Å². The SMILES string of the molecule is Cc1ccc(OCCCC(=O)NCc2ccc(S(=O)(=O)N3CCCC3)cc2)cc1. The summed E-state index contributed by atoms with van der Waals surface area (Å²) in [4.78, 5) is 12.3. The van der Waals surface area contributed by atoms with Crippen molar-refractivity contribution in [3.05, 3.63) is 59.7 Å². The average Bonchev–Trinajstić information content (AvgIpc) is 3.27. The molecule has 2 aromatic rings. The Morgan fingerprint density at radius 3 is 2.34 bits per heavy atom. The van der Waals surface area contributed by atoms with Crippen LogP contribution >= 0.6 is 0 Å². The molecule has 6 nitrogen and oxygen atoms in total. The summed E-state index contributed by atoms with van der Waals surface area (Å²) in [5.41, 5.74) is 2.05. The molecular formula is C22H28N2O4S. The molecule has 1 aliphatic rings. The molecule has 1 amide bonds. The van der Waals surface area contributed by atoms with E-state index in [0.717, 1.165) is 24.2 Å². The highest BCUT2D eigenvalue weighted by Gasteiger charge is 2.26. The number of rotatable bonds is 9. The van der Waals surface area contributed by atoms with Crippen molar-refractivity contribution >= 4 is 15.9 Å². The van der Waals surface area contributed by atoms with Gasteiger partial charge in [-0.25, -0.2) is 8.42 Å². The third-order valence-corrected chi connectivity index (χ3v) is 6.87. The third kappa shape index (κ3) is 6.05. The molecule has 0 spiro atoms. The van der Waals surface area contributed by atoms with Gasteiger partial charge < -0.3 is 10.1 Å². The van der Waals surface area contributed by atoms with Crippen molar-refractivity contribution in [3.8, 4) is 5.75 Å². The van der Waals surface area contributed by atoms with Crippen molar-refractivity contribution in [2.75, 3.05) is 19.7 Å². The number of carbonyl (C=O) groups is 1. The quantitative estimate of drug-likeness (QED) is 0.637. The van der Waals surface area contributed by atoms with Crippen molar-refractivity contribution < 1.29 is 17.9 Å². The molecule has 3 rings (SSSR count). The molecule has 1 fully saturated rings. The number of hydrogen-bond donors (Lipinski definition) is 1. The Labute approximate surface area is 172 Å². The second-order valence-corrected chi connectivity index (χ2v) is 9.23. The molecule has 29 heavy (non-hydrogen) atoms. The van der Waals surface area contributed by atoms with Gasteiger partial charge >= 0.3 is 0 Å². The van der Waals surface area contributed by atoms with Gasteiger partial charge in [0.2, 0.25) is 15.9 Å². The van der Waals surface area contributed by atoms with Crippen LogP contribution in [0.15, 0.2) is 53.4 Å². The first-order chi connectivity index (χ1) is 13.9. The van der Waals surface area contributed by atoms with Gasteiger partial charge in [-0.2, -0.15) is 4.31 Å². The molecule has 2 aromatic carbocycles. The molecule has 1 saturated heterocycles. The van der Waals surface area contributed by atoms with Gasteiger partial charge in [-0.3, -0.25) is 4.79 Å². The molecule has 1 heterocycles. The second kappa shape index (κ2) is 9.89. The number of hydrogen-bond acceptors (Lipinski definition) is 4. The average molecular weight is 417 g/mol. The summed E-state index contributed by atoms with van der Waals surface area (Å²) in [7, 11) is -3.39. The number of ether oxygens (including phenoxy) is 1. The minimum absolute atomic E-state index is 0.0497. The number of sulfonamides is 1. The summed E-state index contributed by atoms with van der Waals surface area (Å²) in [5, 5.41) is 2.86. The molecule has 1 aliphatic heterocycles. The van der Waals surface area contributed by atoms with Gasteiger partial charge in [-0.05, 0) is 56.0 Å². The zero-order valence-corrected chi connectivity index (χ0v) is 17.6. The monoisotopic (exact) mass is 416 g/mol. The standard InChI is InChI=1S/C22H28N2O4S/c1-18-6-10-20(11-7-18)28-16-4-5-22(25)23-17-19-8-12-21(13-9-19)29(26,27)24-14-2-3-15-24/h6-13H,2-5,14-17H2,1H3,(H,23,25). The van der Waals surface area contributed by atoms with Crippen LogP contribution in [0.1, 0.15) is 36.8 Å². The Balaban J connectivity index is 1.39. The Morgan fingerprint density at radius 1 is 1.03 bits per heavy atom. The first kappa shape index (κ1) is 21.3. The van der Waals surface area contributed by atoms with Crippen LogP contribution in [0.5, 0.6) is 5.75 Å². The Morgan fingerprint density at radius 2 is 1.69 bits per heavy atom. The smallest absolute Gasteiger partial charge is 0.243 e. The molecule has 7 heteroatoms. The first-order valence-corrected chi connectivity index (χ1v) is 11.4. The fourth-order valence-corrected chi connectivity index (χ4v) is 4.72. The molecule has 0 atom stereocenters. The highest BCUT2D eigenvalue weighted by atomic mass is 32.2. The lowest BCUT2D eigenvalue weighted by Gasteiger charge is -2.15. The molecule has 0 aromatic heterocycles. The number of nitrogens with zero attached hydrogens (tertiary/aromatic N) is 1. The zero-order valence-electron chi connectivity index (χ0n) is 16.8. The van der Waals surface area contributed by atoms with Crippen LogP contribution in [0, 0.1) is 6.92 Å². The first-order valence-electron chi connectivity index (χ1n) is 10.0. The number of benzene rings is 2. The highest BCUT2D eigenvalue weighted by molar-refractivity contribution is 7.89. The molecule has 0 bridgehead atoms. The molecule has 0 unspecified atom stereocenters. The Kier molecular flexibility index (Phi) is 7.28. The summed E-state index contributed by atoms with van der Waals surface area (Å²) in [5.74, 6) is 0.756. The molecule has 0 aliphatic carbocycles. The second-order valence-electron chi connectivity index (χ2n) is 7.30. The summed E-state index contributed by atoms with van der Waals surface area (Å²) in [6.07, 6.45) is 2.85. The topological polar surface area (TPSA) is 75.7 Å². The minimum Gasteiger partial charge on any atom is -0.494 e. The molecule has 156 valence electrons. The maximum atomic E-state index is 12.5. The van der Waals surface area contributed by atoms with Crippen LogP contribution in [-0.2, 0) is 21.4 Å². The summed E-state index contributed by atoms with van der Waals surface area (Å²) in [6.45, 7) is 4.07. The van der Waals surface area contributed by atoms with Crippen LogP contribution in [-0.4, -0.2) is 38.3 Å². The Bertz CT molecular complexity index is 903. The van der Waals surface area contributed by atoms with E-state index in [4.69, 9.17) is 4.74 Å². The lowest BCUT2D eigenvalue weighted by molar-refractivity contribution is -0.121. The molecule has 0 radical (unpaired) electrons. The van der Waals surface area contributed by atoms with E-state index in [2.05, 4.69) is 5.32 Å². The van der Waals surface area contributed by atoms with Crippen molar-refractivity contribution in [2.45, 2.75) is 44.0 Å². The van der Waals surface area contributed by atoms with E-state index < -0.39 is 10.0 Å². The van der Waals surface area contributed by atoms with Gasteiger partial charge in [0.15, 0.2) is 0 Å². The number of carbonyl (C=O) groups excluding carboxylic acids is 1. The van der Waals surface area contributed by atoms with E-state index in [-0.39, 0.29) is 5.91 Å². The predicted molar refractivity (Wildman–Crippen MR) is 112 cm³/mol. The Hall–Kier alpha value is -2.38. The molecule has 1 N–H and O–H groups in total. The fraction of sp³-hybridized carbons (Fsp3) is 0.409. The molecule has 0 saturated carbocycles. The van der Waals surface area contributed by atoms with Crippen molar-refractivity contribution in [2.24, 2.45) is 0 Å². The van der Waals surface area contributed by atoms with Crippen LogP contribution in [0.4, 0.5) is 0 Å². The van der Waals surface area contributed by atoms with Gasteiger partial charge in [-0.15, -0.1) is 0 Å². The van der Waals surface area contributed by atoms with E-state index >= 15 is 0 Å². The fourth-order valence-electron chi connectivity index (χ4n) is 3.20. The van der Waals surface area contributed by atoms with Gasteiger partial charge in [-0.1, -0.05) is 29.8 Å². The summed E-state index contributed by atoms with van der Waals surface area (Å²) in [6, 6.07) is 14.6. The van der Waals surface area contributed by atoms with Gasteiger partial charge in [0, 0.05) is 26.1 Å². The zero-order chi connectivity index (χ0) is 20.7. The van der Waals surface area contributed by atoms with Crippen molar-refractivity contribution in [1.82, 2.24) is 9.62 Å². The largest absolute Gasteiger partial charge is 0.494 e. The van der Waals surface area contributed by atoms with E-state index in [9.17, 15) is 13.2 Å². The van der Waals surface area contributed by atoms with Crippen molar-refractivity contribution in [3.63, 3.8) is 0 Å². The predicted octanol–water partition coefficient (Wildman–Crippen LogP) is 3.25.